The third-order valence-electron chi connectivity index (χ3n) is 2.04. The summed E-state index contributed by atoms with van der Waals surface area (Å²) in [5.74, 6) is 1.04. The van der Waals surface area contributed by atoms with Gasteiger partial charge in [0.2, 0.25) is 0 Å². The van der Waals surface area contributed by atoms with E-state index in [4.69, 9.17) is 0 Å². The third-order valence-corrected chi connectivity index (χ3v) is 4.88. The Morgan fingerprint density at radius 2 is 1.50 bits per heavy atom. The van der Waals surface area contributed by atoms with E-state index in [1.54, 1.807) is 0 Å². The Bertz CT molecular complexity index is 426. The van der Waals surface area contributed by atoms with Gasteiger partial charge in [-0.1, -0.05) is 81.7 Å². The minimum Gasteiger partial charge on any atom is -0.0841 e. The first-order chi connectivity index (χ1) is 8.84. The first kappa shape index (κ1) is 15.7. The van der Waals surface area contributed by atoms with Gasteiger partial charge in [-0.15, -0.1) is 0 Å². The molecule has 96 valence electrons. The topological polar surface area (TPSA) is 0 Å². The molecule has 0 saturated heterocycles. The largest absolute Gasteiger partial charge is 0.0841 e. The van der Waals surface area contributed by atoms with E-state index >= 15 is 0 Å². The Hall–Kier alpha value is -0.380. The van der Waals surface area contributed by atoms with Crippen LogP contribution in [0.3, 0.4) is 0 Å². The number of halogens is 1. The Labute approximate surface area is 126 Å². The zero-order chi connectivity index (χ0) is 13.2. The van der Waals surface area contributed by atoms with Crippen LogP contribution in [0.15, 0.2) is 64.0 Å². The van der Waals surface area contributed by atoms with Gasteiger partial charge in [0.1, 0.15) is 0 Å². The lowest BCUT2D eigenvalue weighted by Gasteiger charge is -2.01. The van der Waals surface area contributed by atoms with Gasteiger partial charge in [0, 0.05) is 15.1 Å². The summed E-state index contributed by atoms with van der Waals surface area (Å²) >= 11 is 3.43. The van der Waals surface area contributed by atoms with Crippen LogP contribution in [0.2, 0.25) is 0 Å². The van der Waals surface area contributed by atoms with Gasteiger partial charge in [-0.25, -0.2) is 0 Å². The summed E-state index contributed by atoms with van der Waals surface area (Å²) in [6, 6.07) is 19.0. The zero-order valence-electron chi connectivity index (χ0n) is 10.6. The molecule has 0 aliphatic carbocycles. The molecular formula is C15H17BrS2. The van der Waals surface area contributed by atoms with Crippen molar-refractivity contribution in [3.8, 4) is 0 Å². The fourth-order valence-electron chi connectivity index (χ4n) is 1.23. The predicted molar refractivity (Wildman–Crippen MR) is 89.1 cm³/mol. The summed E-state index contributed by atoms with van der Waals surface area (Å²) < 4.78 is 1.13. The van der Waals surface area contributed by atoms with Crippen LogP contribution < -0.4 is 0 Å². The fourth-order valence-corrected chi connectivity index (χ4v) is 3.59. The third kappa shape index (κ3) is 5.98. The standard InChI is InChI=1S/C13H11BrS2.C2H6/c14-12-6-8-13(9-7-12)16-15-10-11-4-2-1-3-5-11;1-2/h1-9H,10H2;1-2H3. The van der Waals surface area contributed by atoms with Crippen LogP contribution in [0.25, 0.3) is 0 Å². The van der Waals surface area contributed by atoms with Crippen molar-refractivity contribution in [1.29, 1.82) is 0 Å². The molecule has 0 amide bonds. The smallest absolute Gasteiger partial charge is 0.0292 e. The summed E-state index contributed by atoms with van der Waals surface area (Å²) in [5.41, 5.74) is 1.37. The van der Waals surface area contributed by atoms with E-state index in [9.17, 15) is 0 Å². The molecule has 18 heavy (non-hydrogen) atoms. The van der Waals surface area contributed by atoms with E-state index in [0.717, 1.165) is 10.2 Å². The van der Waals surface area contributed by atoms with Gasteiger partial charge >= 0.3 is 0 Å². The zero-order valence-corrected chi connectivity index (χ0v) is 13.8. The van der Waals surface area contributed by atoms with E-state index < -0.39 is 0 Å². The second-order valence-corrected chi connectivity index (χ2v) is 6.57. The maximum absolute atomic E-state index is 3.43. The maximum Gasteiger partial charge on any atom is 0.0292 e. The van der Waals surface area contributed by atoms with Crippen LogP contribution in [0, 0.1) is 0 Å². The molecule has 3 heteroatoms. The fraction of sp³-hybridized carbons (Fsp3) is 0.200. The van der Waals surface area contributed by atoms with Crippen LogP contribution in [0.5, 0.6) is 0 Å². The predicted octanol–water partition coefficient (Wildman–Crippen LogP) is 6.42. The molecule has 0 aromatic heterocycles. The molecule has 0 aliphatic heterocycles. The van der Waals surface area contributed by atoms with E-state index in [1.807, 2.05) is 35.4 Å². The summed E-state index contributed by atoms with van der Waals surface area (Å²) in [4.78, 5) is 1.30. The van der Waals surface area contributed by atoms with E-state index in [-0.39, 0.29) is 0 Å². The van der Waals surface area contributed by atoms with E-state index in [0.29, 0.717) is 0 Å². The molecule has 2 aromatic carbocycles. The second-order valence-electron chi connectivity index (χ2n) is 3.29. The summed E-state index contributed by atoms with van der Waals surface area (Å²) in [6.45, 7) is 4.00. The summed E-state index contributed by atoms with van der Waals surface area (Å²) in [7, 11) is 3.69. The normalized spacial score (nSPS) is 9.50. The molecule has 0 N–H and O–H groups in total. The highest BCUT2D eigenvalue weighted by atomic mass is 79.9. The molecule has 0 fully saturated rings. The highest BCUT2D eigenvalue weighted by Crippen LogP contribution is 2.33. The van der Waals surface area contributed by atoms with Crippen molar-refractivity contribution in [3.05, 3.63) is 64.6 Å². The number of benzene rings is 2. The van der Waals surface area contributed by atoms with Gasteiger partial charge in [0.15, 0.2) is 0 Å². The van der Waals surface area contributed by atoms with Crippen LogP contribution in [-0.4, -0.2) is 0 Å². The molecule has 2 aromatic rings. The average Bonchev–Trinajstić information content (AvgIpc) is 2.44. The van der Waals surface area contributed by atoms with Crippen LogP contribution >= 0.6 is 37.5 Å². The van der Waals surface area contributed by atoms with Crippen LogP contribution in [-0.2, 0) is 5.75 Å². The molecule has 0 nitrogen and oxygen atoms in total. The van der Waals surface area contributed by atoms with Crippen molar-refractivity contribution in [2.45, 2.75) is 24.5 Å². The molecule has 0 atom stereocenters. The summed E-state index contributed by atoms with van der Waals surface area (Å²) in [6.07, 6.45) is 0. The van der Waals surface area contributed by atoms with E-state index in [1.165, 1.54) is 10.5 Å². The maximum atomic E-state index is 3.43. The Kier molecular flexibility index (Phi) is 8.31. The van der Waals surface area contributed by atoms with Crippen LogP contribution in [0.4, 0.5) is 0 Å². The van der Waals surface area contributed by atoms with Gasteiger partial charge in [-0.3, -0.25) is 0 Å². The van der Waals surface area contributed by atoms with Gasteiger partial charge in [-0.2, -0.15) is 0 Å². The van der Waals surface area contributed by atoms with Gasteiger partial charge in [-0.05, 0) is 29.8 Å². The number of rotatable bonds is 4. The molecule has 0 unspecified atom stereocenters. The second kappa shape index (κ2) is 9.54. The SMILES string of the molecule is Brc1ccc(SSCc2ccccc2)cc1.CC. The lowest BCUT2D eigenvalue weighted by molar-refractivity contribution is 1.42. The minimum atomic E-state index is 1.04. The minimum absolute atomic E-state index is 1.04. The van der Waals surface area contributed by atoms with E-state index in [2.05, 4.69) is 70.5 Å². The quantitative estimate of drug-likeness (QED) is 0.589. The molecule has 0 radical (unpaired) electrons. The average molecular weight is 341 g/mol. The highest BCUT2D eigenvalue weighted by Gasteiger charge is 1.96. The first-order valence-corrected chi connectivity index (χ1v) is 9.05. The molecule has 0 saturated carbocycles. The van der Waals surface area contributed by atoms with Crippen molar-refractivity contribution in [2.24, 2.45) is 0 Å². The van der Waals surface area contributed by atoms with Crippen molar-refractivity contribution in [2.75, 3.05) is 0 Å². The van der Waals surface area contributed by atoms with Gasteiger partial charge in [0.05, 0.1) is 0 Å². The Balaban J connectivity index is 0.000000771. The van der Waals surface area contributed by atoms with Crippen molar-refractivity contribution in [3.63, 3.8) is 0 Å². The van der Waals surface area contributed by atoms with Crippen LogP contribution in [0.1, 0.15) is 19.4 Å². The van der Waals surface area contributed by atoms with Crippen molar-refractivity contribution >= 4 is 37.5 Å². The Morgan fingerprint density at radius 3 is 2.11 bits per heavy atom. The number of hydrogen-bond acceptors (Lipinski definition) is 2. The van der Waals surface area contributed by atoms with Crippen molar-refractivity contribution in [1.82, 2.24) is 0 Å². The molecular weight excluding hydrogens is 324 g/mol. The first-order valence-electron chi connectivity index (χ1n) is 5.93. The highest BCUT2D eigenvalue weighted by molar-refractivity contribution is 9.10. The molecule has 0 heterocycles. The van der Waals surface area contributed by atoms with Gasteiger partial charge < -0.3 is 0 Å². The molecule has 0 spiro atoms. The molecule has 0 aliphatic rings. The number of hydrogen-bond donors (Lipinski definition) is 0. The molecule has 0 bridgehead atoms. The molecule has 2 rings (SSSR count). The lowest BCUT2D eigenvalue weighted by atomic mass is 10.2. The Morgan fingerprint density at radius 1 is 0.889 bits per heavy atom. The monoisotopic (exact) mass is 340 g/mol. The van der Waals surface area contributed by atoms with Crippen molar-refractivity contribution < 1.29 is 0 Å². The van der Waals surface area contributed by atoms with Gasteiger partial charge in [0.25, 0.3) is 0 Å². The lowest BCUT2D eigenvalue weighted by Crippen LogP contribution is -1.75. The summed E-state index contributed by atoms with van der Waals surface area (Å²) in [5, 5.41) is 0.